The average Bonchev–Trinajstić information content (AvgIpc) is 3.37. The maximum absolute atomic E-state index is 13.3. The molecule has 3 aliphatic rings. The van der Waals surface area contributed by atoms with E-state index in [1.807, 2.05) is 19.1 Å². The van der Waals surface area contributed by atoms with Crippen LogP contribution in [0.2, 0.25) is 0 Å². The van der Waals surface area contributed by atoms with E-state index in [0.717, 1.165) is 41.1 Å². The van der Waals surface area contributed by atoms with E-state index in [9.17, 15) is 9.59 Å². The molecule has 5 rings (SSSR count). The molecule has 4 heterocycles. The van der Waals surface area contributed by atoms with Crippen LogP contribution >= 0.6 is 11.8 Å². The number of nitrogens with two attached hydrogens (primary N) is 1. The van der Waals surface area contributed by atoms with Crippen molar-refractivity contribution in [1.29, 1.82) is 0 Å². The number of hydrogen-bond donors (Lipinski definition) is 3. The number of thioether (sulfide) groups is 1. The quantitative estimate of drug-likeness (QED) is 0.578. The molecule has 2 unspecified atom stereocenters. The molecule has 2 aliphatic heterocycles. The van der Waals surface area contributed by atoms with E-state index in [1.165, 1.54) is 11.8 Å². The van der Waals surface area contributed by atoms with E-state index in [0.29, 0.717) is 24.1 Å². The van der Waals surface area contributed by atoms with Gasteiger partial charge in [-0.2, -0.15) is 0 Å². The van der Waals surface area contributed by atoms with Crippen molar-refractivity contribution < 1.29 is 14.3 Å². The molecule has 3 amide bonds. The largest absolute Gasteiger partial charge is 0.477 e. The predicted octanol–water partition coefficient (Wildman–Crippen LogP) is 3.19. The summed E-state index contributed by atoms with van der Waals surface area (Å²) in [6.45, 7) is 6.65. The molecule has 180 valence electrons. The lowest BCUT2D eigenvalue weighted by Gasteiger charge is -2.35. The lowest BCUT2D eigenvalue weighted by atomic mass is 9.99. The molecule has 0 radical (unpaired) electrons. The number of nitrogens with one attached hydrogen (secondary N) is 2. The van der Waals surface area contributed by atoms with Crippen LogP contribution in [0.15, 0.2) is 29.6 Å². The highest BCUT2D eigenvalue weighted by molar-refractivity contribution is 8.01. The van der Waals surface area contributed by atoms with Crippen LogP contribution in [-0.4, -0.2) is 45.8 Å². The molecule has 4 atom stereocenters. The molecule has 2 aromatic rings. The van der Waals surface area contributed by atoms with Crippen molar-refractivity contribution in [1.82, 2.24) is 20.6 Å². The van der Waals surface area contributed by atoms with Gasteiger partial charge < -0.3 is 21.1 Å². The first kappa shape index (κ1) is 22.9. The monoisotopic (exact) mass is 482 g/mol. The number of anilines is 2. The maximum Gasteiger partial charge on any atom is 0.327 e. The standard InChI is InChI=1S/C24H30N6O3S/c1-12(2)11-33-18-9-13(3)17(10-27-18)30-16-7-8-26-23-19(16)20(29-24(30)32)21(34-23)22(31)28-15-6-4-5-14(15)25/h7-10,12,14-15,20-21H,4-6,11,25H2,1-3H3,(H,28,31)(H,29,32)/t14-,15+,20?,21?/m0/s1. The van der Waals surface area contributed by atoms with Gasteiger partial charge in [0, 0.05) is 29.9 Å². The fourth-order valence-electron chi connectivity index (χ4n) is 4.79. The van der Waals surface area contributed by atoms with Crippen molar-refractivity contribution in [2.75, 3.05) is 11.5 Å². The van der Waals surface area contributed by atoms with Crippen molar-refractivity contribution in [2.24, 2.45) is 11.7 Å². The number of aromatic nitrogens is 2. The summed E-state index contributed by atoms with van der Waals surface area (Å²) in [4.78, 5) is 37.1. The molecule has 1 saturated carbocycles. The molecule has 10 heteroatoms. The highest BCUT2D eigenvalue weighted by Crippen LogP contribution is 2.51. The van der Waals surface area contributed by atoms with Crippen LogP contribution in [0.4, 0.5) is 16.2 Å². The Morgan fingerprint density at radius 3 is 2.88 bits per heavy atom. The van der Waals surface area contributed by atoms with Gasteiger partial charge in [0.1, 0.15) is 10.3 Å². The number of amides is 3. The van der Waals surface area contributed by atoms with Crippen molar-refractivity contribution in [3.63, 3.8) is 0 Å². The van der Waals surface area contributed by atoms with Gasteiger partial charge in [-0.25, -0.2) is 14.8 Å². The van der Waals surface area contributed by atoms with E-state index in [-0.39, 0.29) is 24.0 Å². The molecule has 9 nitrogen and oxygen atoms in total. The van der Waals surface area contributed by atoms with Crippen LogP contribution in [0, 0.1) is 12.8 Å². The van der Waals surface area contributed by atoms with Crippen LogP contribution in [0.5, 0.6) is 5.88 Å². The highest BCUT2D eigenvalue weighted by Gasteiger charge is 2.47. The van der Waals surface area contributed by atoms with Crippen LogP contribution in [0.3, 0.4) is 0 Å². The van der Waals surface area contributed by atoms with E-state index in [4.69, 9.17) is 10.5 Å². The molecule has 0 aromatic carbocycles. The smallest absolute Gasteiger partial charge is 0.327 e. The number of carbonyl (C=O) groups is 2. The molecule has 1 aliphatic carbocycles. The summed E-state index contributed by atoms with van der Waals surface area (Å²) in [5.74, 6) is 0.806. The van der Waals surface area contributed by atoms with Crippen LogP contribution in [0.1, 0.15) is 50.3 Å². The SMILES string of the molecule is Cc1cc(OCC(C)C)ncc1N1C(=O)NC2c3c1ccnc3SC2C(=O)N[C@@H]1CCC[C@@H]1N. The Kier molecular flexibility index (Phi) is 6.11. The minimum Gasteiger partial charge on any atom is -0.477 e. The van der Waals surface area contributed by atoms with Gasteiger partial charge in [-0.15, -0.1) is 0 Å². The van der Waals surface area contributed by atoms with E-state index < -0.39 is 11.3 Å². The molecule has 0 bridgehead atoms. The third-order valence-corrected chi connectivity index (χ3v) is 7.81. The van der Waals surface area contributed by atoms with Gasteiger partial charge in [-0.3, -0.25) is 9.69 Å². The summed E-state index contributed by atoms with van der Waals surface area (Å²) in [7, 11) is 0. The summed E-state index contributed by atoms with van der Waals surface area (Å²) in [5, 5.41) is 6.42. The topological polar surface area (TPSA) is 122 Å². The number of hydrogen-bond acceptors (Lipinski definition) is 7. The van der Waals surface area contributed by atoms with Crippen molar-refractivity contribution in [3.8, 4) is 5.88 Å². The van der Waals surface area contributed by atoms with Gasteiger partial charge >= 0.3 is 6.03 Å². The Hall–Kier alpha value is -2.85. The summed E-state index contributed by atoms with van der Waals surface area (Å²) >= 11 is 1.39. The number of rotatable bonds is 6. The Morgan fingerprint density at radius 2 is 2.18 bits per heavy atom. The Morgan fingerprint density at radius 1 is 1.35 bits per heavy atom. The third-order valence-electron chi connectivity index (χ3n) is 6.52. The lowest BCUT2D eigenvalue weighted by molar-refractivity contribution is -0.121. The molecule has 1 fully saturated rings. The zero-order valence-electron chi connectivity index (χ0n) is 19.6. The number of pyridine rings is 2. The second kappa shape index (κ2) is 9.07. The van der Waals surface area contributed by atoms with Crippen molar-refractivity contribution in [2.45, 2.75) is 68.4 Å². The Balaban J connectivity index is 1.42. The first-order valence-electron chi connectivity index (χ1n) is 11.7. The normalized spacial score (nSPS) is 25.3. The summed E-state index contributed by atoms with van der Waals surface area (Å²) < 4.78 is 5.74. The summed E-state index contributed by atoms with van der Waals surface area (Å²) in [6, 6.07) is 2.87. The minimum absolute atomic E-state index is 0.0224. The summed E-state index contributed by atoms with van der Waals surface area (Å²) in [6.07, 6.45) is 6.15. The molecule has 0 spiro atoms. The number of aryl methyl sites for hydroxylation is 1. The zero-order chi connectivity index (χ0) is 24.0. The molecular formula is C24H30N6O3S. The molecular weight excluding hydrogens is 452 g/mol. The van der Waals surface area contributed by atoms with E-state index in [2.05, 4.69) is 34.4 Å². The first-order valence-corrected chi connectivity index (χ1v) is 12.6. The average molecular weight is 483 g/mol. The highest BCUT2D eigenvalue weighted by atomic mass is 32.2. The van der Waals surface area contributed by atoms with Crippen molar-refractivity contribution in [3.05, 3.63) is 35.7 Å². The number of ether oxygens (including phenoxy) is 1. The lowest BCUT2D eigenvalue weighted by Crippen LogP contribution is -2.52. The third kappa shape index (κ3) is 4.09. The van der Waals surface area contributed by atoms with Crippen LogP contribution in [-0.2, 0) is 4.79 Å². The first-order chi connectivity index (χ1) is 16.3. The fraction of sp³-hybridized carbons (Fsp3) is 0.500. The van der Waals surface area contributed by atoms with Gasteiger partial charge in [0.25, 0.3) is 0 Å². The van der Waals surface area contributed by atoms with Gasteiger partial charge in [-0.1, -0.05) is 25.6 Å². The molecule has 34 heavy (non-hydrogen) atoms. The second-order valence-corrected chi connectivity index (χ2v) is 10.7. The van der Waals surface area contributed by atoms with Crippen LogP contribution in [0.25, 0.3) is 0 Å². The van der Waals surface area contributed by atoms with E-state index in [1.54, 1.807) is 17.3 Å². The van der Waals surface area contributed by atoms with Gasteiger partial charge in [0.15, 0.2) is 0 Å². The molecule has 4 N–H and O–H groups in total. The molecule has 2 aromatic heterocycles. The Bertz CT molecular complexity index is 1130. The second-order valence-electron chi connectivity index (χ2n) is 9.57. The van der Waals surface area contributed by atoms with Gasteiger partial charge in [0.2, 0.25) is 11.8 Å². The maximum atomic E-state index is 13.3. The Labute approximate surface area is 203 Å². The van der Waals surface area contributed by atoms with Gasteiger partial charge in [0.05, 0.1) is 30.2 Å². The fourth-order valence-corrected chi connectivity index (χ4v) is 6.02. The number of nitrogens with zero attached hydrogens (tertiary/aromatic N) is 3. The van der Waals surface area contributed by atoms with Crippen LogP contribution < -0.4 is 26.0 Å². The molecule has 0 saturated heterocycles. The summed E-state index contributed by atoms with van der Waals surface area (Å²) in [5.41, 5.74) is 9.26. The predicted molar refractivity (Wildman–Crippen MR) is 130 cm³/mol. The zero-order valence-corrected chi connectivity index (χ0v) is 20.4. The van der Waals surface area contributed by atoms with Crippen molar-refractivity contribution >= 4 is 35.1 Å². The minimum atomic E-state index is -0.492. The number of urea groups is 1. The van der Waals surface area contributed by atoms with E-state index >= 15 is 0 Å². The van der Waals surface area contributed by atoms with Gasteiger partial charge in [-0.05, 0) is 43.7 Å². The number of carbonyl (C=O) groups excluding carboxylic acids is 2.